The van der Waals surface area contributed by atoms with Crippen LogP contribution < -0.4 is 0 Å². The van der Waals surface area contributed by atoms with Crippen LogP contribution in [-0.2, 0) is 0 Å². The highest BCUT2D eigenvalue weighted by Gasteiger charge is 2.85. The second-order valence-corrected chi connectivity index (χ2v) is 4.05. The Labute approximate surface area is 96.5 Å². The van der Waals surface area contributed by atoms with Crippen molar-refractivity contribution in [3.05, 3.63) is 0 Å². The molecule has 0 aromatic rings. The normalized spacial score (nSPS) is 16.2. The Morgan fingerprint density at radius 3 is 0.941 bits per heavy atom. The van der Waals surface area contributed by atoms with Gasteiger partial charge in [-0.3, -0.25) is 0 Å². The minimum atomic E-state index is -7.04. The molecule has 0 spiro atoms. The molecule has 0 fully saturated rings. The molecule has 0 atom stereocenters. The fourth-order valence-electron chi connectivity index (χ4n) is 0.553. The van der Waals surface area contributed by atoms with Crippen LogP contribution in [0.5, 0.6) is 0 Å². The number of hydrogen-bond acceptors (Lipinski definition) is 0. The summed E-state index contributed by atoms with van der Waals surface area (Å²) in [6.45, 7) is 0. The molecule has 0 aliphatic heterocycles. The fraction of sp³-hybridized carbons (Fsp3) is 1.00. The van der Waals surface area contributed by atoms with Crippen molar-refractivity contribution in [3.8, 4) is 0 Å². The van der Waals surface area contributed by atoms with Crippen LogP contribution in [0.15, 0.2) is 0 Å². The monoisotopic (exact) mass is 320 g/mol. The van der Waals surface area contributed by atoms with Crippen LogP contribution in [0.3, 0.4) is 0 Å². The summed E-state index contributed by atoms with van der Waals surface area (Å²) in [6.07, 6.45) is -13.3. The second kappa shape index (κ2) is 3.94. The molecule has 0 rings (SSSR count). The van der Waals surface area contributed by atoms with Crippen molar-refractivity contribution in [2.45, 2.75) is 28.5 Å². The maximum atomic E-state index is 12.5. The van der Waals surface area contributed by atoms with Gasteiger partial charge in [-0.25, -0.2) is 0 Å². The van der Waals surface area contributed by atoms with Gasteiger partial charge < -0.3 is 0 Å². The van der Waals surface area contributed by atoms with E-state index in [2.05, 4.69) is 23.2 Å². The third-order valence-corrected chi connectivity index (χ3v) is 2.40. The number of halogens is 12. The van der Waals surface area contributed by atoms with Crippen molar-refractivity contribution in [1.82, 2.24) is 0 Å². The molecule has 0 aromatic carbocycles. The average molecular weight is 321 g/mol. The fourth-order valence-corrected chi connectivity index (χ4v) is 0.791. The highest BCUT2D eigenvalue weighted by molar-refractivity contribution is 6.50. The molecule has 12 heteroatoms. The molecule has 0 unspecified atom stereocenters. The van der Waals surface area contributed by atoms with Crippen molar-refractivity contribution < 1.29 is 43.9 Å². The van der Waals surface area contributed by atoms with Crippen LogP contribution in [0.4, 0.5) is 43.9 Å². The van der Waals surface area contributed by atoms with Gasteiger partial charge in [0.15, 0.2) is 0 Å². The molecule has 0 aliphatic carbocycles. The van der Waals surface area contributed by atoms with Gasteiger partial charge in [-0.05, 0) is 0 Å². The smallest absolute Gasteiger partial charge is 0.196 e. The maximum absolute atomic E-state index is 12.5. The molecular weight excluding hydrogens is 321 g/mol. The van der Waals surface area contributed by atoms with Gasteiger partial charge in [0.1, 0.15) is 0 Å². The van der Waals surface area contributed by atoms with E-state index in [-0.39, 0.29) is 0 Å². The summed E-state index contributed by atoms with van der Waals surface area (Å²) < 4.78 is 114. The highest BCUT2D eigenvalue weighted by atomic mass is 35.5. The van der Waals surface area contributed by atoms with E-state index in [0.717, 1.165) is 0 Å². The largest absolute Gasteiger partial charge is 0.460 e. The molecule has 17 heavy (non-hydrogen) atoms. The van der Waals surface area contributed by atoms with Gasteiger partial charge in [0, 0.05) is 0 Å². The molecule has 0 heterocycles. The molecule has 0 aliphatic rings. The molecule has 0 amide bonds. The third kappa shape index (κ3) is 2.38. The second-order valence-electron chi connectivity index (χ2n) is 2.72. The highest BCUT2D eigenvalue weighted by Crippen LogP contribution is 2.59. The standard InChI is InChI=1S/C5Cl2F10/c6-1(7,4(12,13)14)2(8,9)3(10,11)5(15,16)17. The summed E-state index contributed by atoms with van der Waals surface area (Å²) in [5, 5.41) is 0. The third-order valence-electron chi connectivity index (χ3n) is 1.50. The topological polar surface area (TPSA) is 0 Å². The predicted octanol–water partition coefficient (Wildman–Crippen LogP) is 4.56. The summed E-state index contributed by atoms with van der Waals surface area (Å²) in [6, 6.07) is 0. The van der Waals surface area contributed by atoms with Crippen LogP contribution >= 0.6 is 23.2 Å². The molecular formula is C5Cl2F10. The zero-order chi connectivity index (χ0) is 14.5. The molecule has 104 valence electrons. The molecule has 0 radical (unpaired) electrons. The average Bonchev–Trinajstić information content (AvgIpc) is 1.98. The Bertz CT molecular complexity index is 258. The van der Waals surface area contributed by atoms with Crippen molar-refractivity contribution in [2.24, 2.45) is 0 Å². The van der Waals surface area contributed by atoms with E-state index in [1.54, 1.807) is 0 Å². The molecule has 0 nitrogen and oxygen atoms in total. The summed E-state index contributed by atoms with van der Waals surface area (Å²) >= 11 is 7.81. The van der Waals surface area contributed by atoms with Crippen LogP contribution in [0, 0.1) is 0 Å². The first-order valence-corrected chi connectivity index (χ1v) is 4.02. The first kappa shape index (κ1) is 16.9. The summed E-state index contributed by atoms with van der Waals surface area (Å²) in [7, 11) is 0. The van der Waals surface area contributed by atoms with Crippen LogP contribution in [-0.4, -0.2) is 28.5 Å². The predicted molar refractivity (Wildman–Crippen MR) is 36.4 cm³/mol. The number of rotatable bonds is 2. The summed E-state index contributed by atoms with van der Waals surface area (Å²) in [5.74, 6) is -13.8. The van der Waals surface area contributed by atoms with Gasteiger partial charge in [0.05, 0.1) is 0 Å². The van der Waals surface area contributed by atoms with Gasteiger partial charge >= 0.3 is 24.2 Å². The van der Waals surface area contributed by atoms with Crippen LogP contribution in [0.1, 0.15) is 0 Å². The quantitative estimate of drug-likeness (QED) is 0.517. The first-order chi connectivity index (χ1) is 7.00. The molecule has 0 bridgehead atoms. The Morgan fingerprint density at radius 1 is 0.471 bits per heavy atom. The summed E-state index contributed by atoms with van der Waals surface area (Å²) in [5.41, 5.74) is 0. The van der Waals surface area contributed by atoms with Crippen molar-refractivity contribution in [1.29, 1.82) is 0 Å². The van der Waals surface area contributed by atoms with E-state index in [9.17, 15) is 43.9 Å². The van der Waals surface area contributed by atoms with E-state index in [1.807, 2.05) is 0 Å². The number of alkyl halides is 12. The van der Waals surface area contributed by atoms with E-state index < -0.39 is 28.5 Å². The Hall–Kier alpha value is -0.120. The Morgan fingerprint density at radius 2 is 0.765 bits per heavy atom. The van der Waals surface area contributed by atoms with Crippen molar-refractivity contribution >= 4 is 23.2 Å². The van der Waals surface area contributed by atoms with Gasteiger partial charge in [-0.15, -0.1) is 0 Å². The molecule has 0 saturated carbocycles. The van der Waals surface area contributed by atoms with Gasteiger partial charge in [0.2, 0.25) is 0 Å². The van der Waals surface area contributed by atoms with Crippen molar-refractivity contribution in [2.75, 3.05) is 0 Å². The van der Waals surface area contributed by atoms with Crippen LogP contribution in [0.2, 0.25) is 0 Å². The zero-order valence-electron chi connectivity index (χ0n) is 7.04. The first-order valence-electron chi connectivity index (χ1n) is 3.27. The van der Waals surface area contributed by atoms with E-state index in [0.29, 0.717) is 0 Å². The number of hydrogen-bond donors (Lipinski definition) is 0. The lowest BCUT2D eigenvalue weighted by atomic mass is 10.1. The zero-order valence-corrected chi connectivity index (χ0v) is 8.55. The molecule has 0 saturated heterocycles. The van der Waals surface area contributed by atoms with E-state index in [4.69, 9.17) is 0 Å². The lowest BCUT2D eigenvalue weighted by Crippen LogP contribution is -2.64. The lowest BCUT2D eigenvalue weighted by molar-refractivity contribution is -0.371. The summed E-state index contributed by atoms with van der Waals surface area (Å²) in [4.78, 5) is 0. The van der Waals surface area contributed by atoms with Gasteiger partial charge in [0.25, 0.3) is 4.33 Å². The SMILES string of the molecule is FC(F)(F)C(F)(F)C(F)(F)C(Cl)(Cl)C(F)(F)F. The minimum absolute atomic E-state index is 3.90. The Balaban J connectivity index is 5.73. The minimum Gasteiger partial charge on any atom is -0.196 e. The van der Waals surface area contributed by atoms with E-state index in [1.165, 1.54) is 0 Å². The maximum Gasteiger partial charge on any atom is 0.460 e. The molecule has 0 N–H and O–H groups in total. The van der Waals surface area contributed by atoms with E-state index >= 15 is 0 Å². The van der Waals surface area contributed by atoms with Gasteiger partial charge in [-0.2, -0.15) is 43.9 Å². The van der Waals surface area contributed by atoms with Crippen molar-refractivity contribution in [3.63, 3.8) is 0 Å². The lowest BCUT2D eigenvalue weighted by Gasteiger charge is -2.36. The van der Waals surface area contributed by atoms with Crippen LogP contribution in [0.25, 0.3) is 0 Å². The molecule has 0 aromatic heterocycles. The van der Waals surface area contributed by atoms with Gasteiger partial charge in [-0.1, -0.05) is 23.2 Å². The Kier molecular flexibility index (Phi) is 3.91.